The fourth-order valence-electron chi connectivity index (χ4n) is 3.33. The lowest BCUT2D eigenvalue weighted by atomic mass is 10.0. The number of hydrogen-bond donors (Lipinski definition) is 2. The van der Waals surface area contributed by atoms with E-state index in [2.05, 4.69) is 5.32 Å². The van der Waals surface area contributed by atoms with Crippen molar-refractivity contribution >= 4 is 52.3 Å². The molecule has 2 aromatic rings. The number of carbonyl (C=O) groups excluding carboxylic acids is 2. The zero-order valence-corrected chi connectivity index (χ0v) is 19.0. The van der Waals surface area contributed by atoms with Crippen molar-refractivity contribution in [2.45, 2.75) is 23.4 Å². The minimum Gasteiger partial charge on any atom is -0.343 e. The van der Waals surface area contributed by atoms with Crippen LogP contribution in [0.3, 0.4) is 0 Å². The fraction of sp³-hybridized carbons (Fsp3) is 0.300. The van der Waals surface area contributed by atoms with E-state index in [0.29, 0.717) is 0 Å². The molecule has 3 rings (SSSR count). The third kappa shape index (κ3) is 4.92. The van der Waals surface area contributed by atoms with Crippen LogP contribution in [-0.4, -0.2) is 28.9 Å². The molecule has 184 valence electrons. The Labute approximate surface area is 202 Å². The van der Waals surface area contributed by atoms with Crippen molar-refractivity contribution in [1.29, 1.82) is 0 Å². The van der Waals surface area contributed by atoms with Gasteiger partial charge in [-0.2, -0.15) is 13.2 Å². The molecule has 0 aromatic heterocycles. The van der Waals surface area contributed by atoms with Gasteiger partial charge in [0, 0.05) is 22.7 Å². The van der Waals surface area contributed by atoms with Gasteiger partial charge < -0.3 is 10.6 Å². The Morgan fingerprint density at radius 1 is 1.03 bits per heavy atom. The van der Waals surface area contributed by atoms with Crippen LogP contribution in [0.2, 0.25) is 5.02 Å². The standard InChI is InChI=1S/C20H12Cl3F7N2O2/c1-6-13(24)10(15(26)16(27)14(6)25)11-12(20(11,22)23)18(34)32-7-2-3-9(21)8(4-7)17(33)31-5-19(28,29)30/h2-4,11-12H,5H2,1H3,(H,31,33)(H,32,34). The molecule has 0 aliphatic heterocycles. The Morgan fingerprint density at radius 3 is 2.24 bits per heavy atom. The predicted octanol–water partition coefficient (Wildman–Crippen LogP) is 6.02. The maximum Gasteiger partial charge on any atom is 0.405 e. The van der Waals surface area contributed by atoms with Gasteiger partial charge in [0.25, 0.3) is 5.91 Å². The van der Waals surface area contributed by atoms with Gasteiger partial charge in [-0.25, -0.2) is 17.6 Å². The Kier molecular flexibility index (Phi) is 7.05. The van der Waals surface area contributed by atoms with Crippen molar-refractivity contribution < 1.29 is 40.3 Å². The first kappa shape index (κ1) is 26.4. The van der Waals surface area contributed by atoms with Crippen molar-refractivity contribution in [2.75, 3.05) is 11.9 Å². The highest BCUT2D eigenvalue weighted by Crippen LogP contribution is 2.66. The molecule has 2 N–H and O–H groups in total. The molecule has 1 aliphatic rings. The lowest BCUT2D eigenvalue weighted by Crippen LogP contribution is -2.33. The van der Waals surface area contributed by atoms with Crippen molar-refractivity contribution in [3.63, 3.8) is 0 Å². The van der Waals surface area contributed by atoms with Crippen LogP contribution in [0, 0.1) is 36.1 Å². The molecule has 34 heavy (non-hydrogen) atoms. The molecule has 2 amide bonds. The van der Waals surface area contributed by atoms with Gasteiger partial charge in [0.05, 0.1) is 16.5 Å². The third-order valence-electron chi connectivity index (χ3n) is 5.09. The van der Waals surface area contributed by atoms with E-state index >= 15 is 0 Å². The SMILES string of the molecule is Cc1c(F)c(F)c(F)c(C2C(C(=O)Nc3ccc(Cl)c(C(=O)NCC(F)(F)F)c3)C2(Cl)Cl)c1F. The summed E-state index contributed by atoms with van der Waals surface area (Å²) in [6.07, 6.45) is -4.68. The molecule has 1 fully saturated rings. The molecule has 0 spiro atoms. The van der Waals surface area contributed by atoms with Crippen LogP contribution in [0.5, 0.6) is 0 Å². The summed E-state index contributed by atoms with van der Waals surface area (Å²) in [4.78, 5) is 24.7. The number of benzene rings is 2. The topological polar surface area (TPSA) is 58.2 Å². The smallest absolute Gasteiger partial charge is 0.343 e. The molecule has 4 nitrogen and oxygen atoms in total. The summed E-state index contributed by atoms with van der Waals surface area (Å²) in [7, 11) is 0. The van der Waals surface area contributed by atoms with E-state index < -0.39 is 80.7 Å². The largest absolute Gasteiger partial charge is 0.405 e. The van der Waals surface area contributed by atoms with Gasteiger partial charge in [-0.3, -0.25) is 9.59 Å². The highest BCUT2D eigenvalue weighted by atomic mass is 35.5. The molecule has 2 atom stereocenters. The van der Waals surface area contributed by atoms with Crippen molar-refractivity contribution in [3.8, 4) is 0 Å². The van der Waals surface area contributed by atoms with E-state index in [1.165, 1.54) is 6.07 Å². The van der Waals surface area contributed by atoms with Crippen LogP contribution in [0.1, 0.15) is 27.4 Å². The quantitative estimate of drug-likeness (QED) is 0.207. The van der Waals surface area contributed by atoms with Crippen molar-refractivity contribution in [3.05, 3.63) is 63.2 Å². The van der Waals surface area contributed by atoms with Gasteiger partial charge >= 0.3 is 6.18 Å². The Bertz CT molecular complexity index is 1160. The van der Waals surface area contributed by atoms with Crippen LogP contribution in [0.25, 0.3) is 0 Å². The van der Waals surface area contributed by atoms with Crippen LogP contribution in [0.4, 0.5) is 36.4 Å². The average molecular weight is 552 g/mol. The van der Waals surface area contributed by atoms with Gasteiger partial charge in [-0.1, -0.05) is 11.6 Å². The minimum atomic E-state index is -4.68. The highest BCUT2D eigenvalue weighted by Gasteiger charge is 2.69. The summed E-state index contributed by atoms with van der Waals surface area (Å²) in [6, 6.07) is 3.25. The summed E-state index contributed by atoms with van der Waals surface area (Å²) in [5, 5.41) is 3.63. The second-order valence-corrected chi connectivity index (χ2v) is 9.26. The molecule has 0 saturated heterocycles. The molecular formula is C20H12Cl3F7N2O2. The maximum absolute atomic E-state index is 14.5. The maximum atomic E-state index is 14.5. The normalized spacial score (nSPS) is 19.0. The Hall–Kier alpha value is -2.24. The number of amides is 2. The lowest BCUT2D eigenvalue weighted by molar-refractivity contribution is -0.123. The van der Waals surface area contributed by atoms with Gasteiger partial charge in [-0.15, -0.1) is 23.2 Å². The van der Waals surface area contributed by atoms with E-state index in [9.17, 15) is 40.3 Å². The van der Waals surface area contributed by atoms with Crippen LogP contribution >= 0.6 is 34.8 Å². The van der Waals surface area contributed by atoms with E-state index in [4.69, 9.17) is 34.8 Å². The number of carbonyl (C=O) groups is 2. The van der Waals surface area contributed by atoms with Crippen LogP contribution in [-0.2, 0) is 4.79 Å². The summed E-state index contributed by atoms with van der Waals surface area (Å²) in [5.74, 6) is -12.4. The Balaban J connectivity index is 1.84. The minimum absolute atomic E-state index is 0.135. The first-order valence-corrected chi connectivity index (χ1v) is 10.4. The molecule has 0 heterocycles. The van der Waals surface area contributed by atoms with Gasteiger partial charge in [-0.05, 0) is 25.1 Å². The highest BCUT2D eigenvalue weighted by molar-refractivity contribution is 6.53. The van der Waals surface area contributed by atoms with E-state index in [0.717, 1.165) is 19.1 Å². The van der Waals surface area contributed by atoms with Crippen molar-refractivity contribution in [1.82, 2.24) is 5.32 Å². The molecule has 1 saturated carbocycles. The number of rotatable bonds is 5. The van der Waals surface area contributed by atoms with Gasteiger partial charge in [0.2, 0.25) is 5.91 Å². The molecule has 2 aromatic carbocycles. The molecule has 0 bridgehead atoms. The lowest BCUT2D eigenvalue weighted by Gasteiger charge is -2.12. The molecule has 0 radical (unpaired) electrons. The molecular weight excluding hydrogens is 540 g/mol. The third-order valence-corrected chi connectivity index (χ3v) is 6.36. The number of hydrogen-bond acceptors (Lipinski definition) is 2. The first-order valence-electron chi connectivity index (χ1n) is 9.23. The number of anilines is 1. The molecule has 14 heteroatoms. The number of alkyl halides is 5. The van der Waals surface area contributed by atoms with Gasteiger partial charge in [0.15, 0.2) is 17.5 Å². The second-order valence-electron chi connectivity index (χ2n) is 7.41. The van der Waals surface area contributed by atoms with Crippen LogP contribution in [0.15, 0.2) is 18.2 Å². The summed E-state index contributed by atoms with van der Waals surface area (Å²) in [6.45, 7) is -0.772. The summed E-state index contributed by atoms with van der Waals surface area (Å²) < 4.78 is 91.1. The first-order chi connectivity index (χ1) is 15.6. The second kappa shape index (κ2) is 9.09. The zero-order chi connectivity index (χ0) is 25.7. The summed E-state index contributed by atoms with van der Waals surface area (Å²) >= 11 is 17.9. The molecule has 2 unspecified atom stereocenters. The Morgan fingerprint density at radius 2 is 1.65 bits per heavy atom. The number of halogens is 10. The number of nitrogens with one attached hydrogen (secondary N) is 2. The van der Waals surface area contributed by atoms with E-state index in [1.54, 1.807) is 5.32 Å². The van der Waals surface area contributed by atoms with Crippen LogP contribution < -0.4 is 10.6 Å². The predicted molar refractivity (Wildman–Crippen MR) is 110 cm³/mol. The van der Waals surface area contributed by atoms with E-state index in [-0.39, 0.29) is 10.7 Å². The molecule has 1 aliphatic carbocycles. The average Bonchev–Trinajstić information content (AvgIpc) is 3.31. The van der Waals surface area contributed by atoms with Gasteiger partial charge in [0.1, 0.15) is 16.7 Å². The zero-order valence-electron chi connectivity index (χ0n) is 16.7. The monoisotopic (exact) mass is 550 g/mol. The summed E-state index contributed by atoms with van der Waals surface area (Å²) in [5.41, 5.74) is -2.39. The fourth-order valence-corrected chi connectivity index (χ4v) is 4.33. The van der Waals surface area contributed by atoms with Crippen molar-refractivity contribution in [2.24, 2.45) is 5.92 Å². The van der Waals surface area contributed by atoms with E-state index in [1.807, 2.05) is 0 Å².